The van der Waals surface area contributed by atoms with Crippen LogP contribution in [0.2, 0.25) is 0 Å². The van der Waals surface area contributed by atoms with E-state index in [1.165, 1.54) is 36.8 Å². The number of aryl methyl sites for hydroxylation is 2. The van der Waals surface area contributed by atoms with Crippen molar-refractivity contribution in [3.63, 3.8) is 0 Å². The molecule has 0 heterocycles. The molecule has 1 aliphatic carbocycles. The van der Waals surface area contributed by atoms with Crippen molar-refractivity contribution in [3.8, 4) is 5.75 Å². The number of hydrogen-bond donors (Lipinski definition) is 1. The zero-order chi connectivity index (χ0) is 13.0. The molecule has 0 atom stereocenters. The minimum Gasteiger partial charge on any atom is -0.490 e. The largest absolute Gasteiger partial charge is 0.490 e. The van der Waals surface area contributed by atoms with Crippen LogP contribution < -0.4 is 10.1 Å². The maximum Gasteiger partial charge on any atom is 0.122 e. The fourth-order valence-electron chi connectivity index (χ4n) is 2.85. The summed E-state index contributed by atoms with van der Waals surface area (Å²) in [5, 5.41) is 3.28. The van der Waals surface area contributed by atoms with Crippen LogP contribution in [-0.4, -0.2) is 19.7 Å². The summed E-state index contributed by atoms with van der Waals surface area (Å²) in [6.07, 6.45) is 5.38. The Kier molecular flexibility index (Phi) is 4.65. The lowest BCUT2D eigenvalue weighted by Gasteiger charge is -2.29. The molecule has 0 aliphatic heterocycles. The molecule has 1 saturated carbocycles. The minimum atomic E-state index is 0.416. The predicted molar refractivity (Wildman–Crippen MR) is 76.2 cm³/mol. The highest BCUT2D eigenvalue weighted by Crippen LogP contribution is 2.28. The third-order valence-electron chi connectivity index (χ3n) is 3.91. The third-order valence-corrected chi connectivity index (χ3v) is 3.91. The Morgan fingerprint density at radius 1 is 1.17 bits per heavy atom. The Balaban J connectivity index is 1.87. The molecular formula is C16H25NO. The molecule has 2 rings (SSSR count). The molecule has 2 nitrogen and oxygen atoms in total. The van der Waals surface area contributed by atoms with Crippen LogP contribution >= 0.6 is 0 Å². The molecule has 100 valence electrons. The maximum absolute atomic E-state index is 6.15. The maximum atomic E-state index is 6.15. The summed E-state index contributed by atoms with van der Waals surface area (Å²) in [6.45, 7) is 5.41. The summed E-state index contributed by atoms with van der Waals surface area (Å²) in [5.41, 5.74) is 2.56. The van der Waals surface area contributed by atoms with Crippen molar-refractivity contribution in [2.75, 3.05) is 13.6 Å². The van der Waals surface area contributed by atoms with Gasteiger partial charge in [0.1, 0.15) is 5.75 Å². The first-order valence-electron chi connectivity index (χ1n) is 7.07. The Hall–Kier alpha value is -1.02. The van der Waals surface area contributed by atoms with Gasteiger partial charge < -0.3 is 10.1 Å². The molecule has 1 N–H and O–H groups in total. The highest BCUT2D eigenvalue weighted by atomic mass is 16.5. The predicted octanol–water partition coefficient (Wildman–Crippen LogP) is 3.46. The van der Waals surface area contributed by atoms with Crippen molar-refractivity contribution in [3.05, 3.63) is 29.3 Å². The van der Waals surface area contributed by atoms with Crippen LogP contribution in [0.15, 0.2) is 18.2 Å². The second kappa shape index (κ2) is 6.24. The zero-order valence-electron chi connectivity index (χ0n) is 11.8. The molecule has 0 amide bonds. The van der Waals surface area contributed by atoms with Gasteiger partial charge in [0, 0.05) is 0 Å². The molecule has 2 heteroatoms. The van der Waals surface area contributed by atoms with Crippen molar-refractivity contribution in [2.45, 2.75) is 45.6 Å². The molecule has 0 bridgehead atoms. The average molecular weight is 247 g/mol. The van der Waals surface area contributed by atoms with E-state index >= 15 is 0 Å². The van der Waals surface area contributed by atoms with E-state index in [2.05, 4.69) is 37.4 Å². The zero-order valence-corrected chi connectivity index (χ0v) is 11.8. The summed E-state index contributed by atoms with van der Waals surface area (Å²) < 4.78 is 6.15. The van der Waals surface area contributed by atoms with E-state index in [0.717, 1.165) is 18.2 Å². The van der Waals surface area contributed by atoms with Crippen molar-refractivity contribution in [2.24, 2.45) is 5.92 Å². The summed E-state index contributed by atoms with van der Waals surface area (Å²) in [7, 11) is 2.04. The molecule has 0 aromatic heterocycles. The first-order chi connectivity index (χ1) is 8.69. The summed E-state index contributed by atoms with van der Waals surface area (Å²) in [5.74, 6) is 1.91. The number of rotatable bonds is 4. The molecule has 0 unspecified atom stereocenters. The lowest BCUT2D eigenvalue weighted by molar-refractivity contribution is 0.130. The number of nitrogens with one attached hydrogen (secondary N) is 1. The van der Waals surface area contributed by atoms with E-state index in [9.17, 15) is 0 Å². The Labute approximate surface area is 111 Å². The minimum absolute atomic E-state index is 0.416. The van der Waals surface area contributed by atoms with Crippen molar-refractivity contribution < 1.29 is 4.74 Å². The SMILES string of the molecule is CNCC1CCC(Oc2ccc(C)cc2C)CC1. The summed E-state index contributed by atoms with van der Waals surface area (Å²) >= 11 is 0. The van der Waals surface area contributed by atoms with Gasteiger partial charge in [-0.25, -0.2) is 0 Å². The number of benzene rings is 1. The molecule has 1 fully saturated rings. The number of hydrogen-bond acceptors (Lipinski definition) is 2. The monoisotopic (exact) mass is 247 g/mol. The van der Waals surface area contributed by atoms with Gasteiger partial charge in [0.25, 0.3) is 0 Å². The van der Waals surface area contributed by atoms with Crippen molar-refractivity contribution in [1.29, 1.82) is 0 Å². The molecule has 1 aromatic carbocycles. The summed E-state index contributed by atoms with van der Waals surface area (Å²) in [6, 6.07) is 6.45. The van der Waals surface area contributed by atoms with E-state index in [0.29, 0.717) is 6.10 Å². The normalized spacial score (nSPS) is 23.9. The van der Waals surface area contributed by atoms with Gasteiger partial charge >= 0.3 is 0 Å². The number of ether oxygens (including phenoxy) is 1. The molecule has 0 radical (unpaired) electrons. The van der Waals surface area contributed by atoms with Crippen LogP contribution in [0.3, 0.4) is 0 Å². The van der Waals surface area contributed by atoms with Gasteiger partial charge in [-0.05, 0) is 70.7 Å². The molecule has 0 saturated heterocycles. The molecule has 18 heavy (non-hydrogen) atoms. The fourth-order valence-corrected chi connectivity index (χ4v) is 2.85. The lowest BCUT2D eigenvalue weighted by Crippen LogP contribution is -2.29. The van der Waals surface area contributed by atoms with E-state index in [1.807, 2.05) is 7.05 Å². The first-order valence-corrected chi connectivity index (χ1v) is 7.07. The highest BCUT2D eigenvalue weighted by Gasteiger charge is 2.22. The highest BCUT2D eigenvalue weighted by molar-refractivity contribution is 5.35. The fraction of sp³-hybridized carbons (Fsp3) is 0.625. The van der Waals surface area contributed by atoms with E-state index in [4.69, 9.17) is 4.74 Å². The van der Waals surface area contributed by atoms with Crippen molar-refractivity contribution >= 4 is 0 Å². The smallest absolute Gasteiger partial charge is 0.122 e. The quantitative estimate of drug-likeness (QED) is 0.879. The second-order valence-corrected chi connectivity index (χ2v) is 5.59. The topological polar surface area (TPSA) is 21.3 Å². The Morgan fingerprint density at radius 2 is 1.89 bits per heavy atom. The summed E-state index contributed by atoms with van der Waals surface area (Å²) in [4.78, 5) is 0. The average Bonchev–Trinajstić information content (AvgIpc) is 2.35. The Bertz CT molecular complexity index is 381. The van der Waals surface area contributed by atoms with Gasteiger partial charge in [-0.3, -0.25) is 0 Å². The lowest BCUT2D eigenvalue weighted by atomic mass is 9.87. The molecule has 1 aromatic rings. The molecular weight excluding hydrogens is 222 g/mol. The van der Waals surface area contributed by atoms with Crippen molar-refractivity contribution in [1.82, 2.24) is 5.32 Å². The van der Waals surface area contributed by atoms with Gasteiger partial charge in [0.15, 0.2) is 0 Å². The van der Waals surface area contributed by atoms with Crippen LogP contribution in [0.4, 0.5) is 0 Å². The second-order valence-electron chi connectivity index (χ2n) is 5.59. The standard InChI is InChI=1S/C16H25NO/c1-12-4-9-16(13(2)10-12)18-15-7-5-14(6-8-15)11-17-3/h4,9-10,14-15,17H,5-8,11H2,1-3H3. The van der Waals surface area contributed by atoms with Crippen LogP contribution in [-0.2, 0) is 0 Å². The van der Waals surface area contributed by atoms with Gasteiger partial charge in [0.2, 0.25) is 0 Å². The molecule has 0 spiro atoms. The van der Waals surface area contributed by atoms with Gasteiger partial charge in [0.05, 0.1) is 6.10 Å². The van der Waals surface area contributed by atoms with Crippen LogP contribution in [0, 0.1) is 19.8 Å². The third kappa shape index (κ3) is 3.49. The molecule has 1 aliphatic rings. The van der Waals surface area contributed by atoms with Crippen LogP contribution in [0.25, 0.3) is 0 Å². The van der Waals surface area contributed by atoms with Crippen LogP contribution in [0.1, 0.15) is 36.8 Å². The Morgan fingerprint density at radius 3 is 2.50 bits per heavy atom. The first kappa shape index (κ1) is 13.4. The van der Waals surface area contributed by atoms with Gasteiger partial charge in [-0.15, -0.1) is 0 Å². The van der Waals surface area contributed by atoms with E-state index in [-0.39, 0.29) is 0 Å². The van der Waals surface area contributed by atoms with Gasteiger partial charge in [-0.2, -0.15) is 0 Å². The van der Waals surface area contributed by atoms with Crippen LogP contribution in [0.5, 0.6) is 5.75 Å². The van der Waals surface area contributed by atoms with Gasteiger partial charge in [-0.1, -0.05) is 17.7 Å². The van der Waals surface area contributed by atoms with E-state index in [1.54, 1.807) is 0 Å². The van der Waals surface area contributed by atoms with E-state index < -0.39 is 0 Å².